The molecule has 0 radical (unpaired) electrons. The Kier molecular flexibility index (Phi) is 41.7. The zero-order chi connectivity index (χ0) is 44.2. The number of carbonyl (C=O) groups excluding carboxylic acids is 2. The lowest BCUT2D eigenvalue weighted by atomic mass is 10.1. The number of rotatable bonds is 45. The van der Waals surface area contributed by atoms with Crippen LogP contribution in [0.5, 0.6) is 0 Å². The normalized spacial score (nSPS) is 13.9. The lowest BCUT2D eigenvalue weighted by molar-refractivity contribution is -0.161. The van der Waals surface area contributed by atoms with Crippen molar-refractivity contribution in [3.05, 3.63) is 36.5 Å². The summed E-state index contributed by atoms with van der Waals surface area (Å²) in [5.41, 5.74) is 5.34. The summed E-state index contributed by atoms with van der Waals surface area (Å²) >= 11 is 0. The van der Waals surface area contributed by atoms with E-state index in [1.807, 2.05) is 0 Å². The summed E-state index contributed by atoms with van der Waals surface area (Å²) in [4.78, 5) is 46.1. The number of aliphatic carboxylic acids is 1. The first-order valence-electron chi connectivity index (χ1n) is 24.0. The maximum atomic E-state index is 12.7. The van der Waals surface area contributed by atoms with E-state index in [0.717, 1.165) is 57.8 Å². The first-order chi connectivity index (χ1) is 29.1. The molecule has 11 nitrogen and oxygen atoms in total. The van der Waals surface area contributed by atoms with Crippen molar-refractivity contribution >= 4 is 25.7 Å². The van der Waals surface area contributed by atoms with Crippen molar-refractivity contribution in [3.8, 4) is 0 Å². The third-order valence-corrected chi connectivity index (χ3v) is 11.3. The molecule has 0 aliphatic heterocycles. The van der Waals surface area contributed by atoms with Gasteiger partial charge in [0.15, 0.2) is 6.10 Å². The fourth-order valence-corrected chi connectivity index (χ4v) is 7.34. The number of hydrogen-bond acceptors (Lipinski definition) is 9. The summed E-state index contributed by atoms with van der Waals surface area (Å²) in [5.74, 6) is -2.38. The third kappa shape index (κ3) is 42.4. The molecular weight excluding hydrogens is 781 g/mol. The monoisotopic (exact) mass is 870 g/mol. The summed E-state index contributed by atoms with van der Waals surface area (Å²) < 4.78 is 32.8. The van der Waals surface area contributed by atoms with Gasteiger partial charge < -0.3 is 25.2 Å². The van der Waals surface area contributed by atoms with E-state index in [4.69, 9.17) is 24.8 Å². The van der Waals surface area contributed by atoms with Crippen molar-refractivity contribution in [3.63, 3.8) is 0 Å². The van der Waals surface area contributed by atoms with Crippen LogP contribution in [0, 0.1) is 0 Å². The number of carbonyl (C=O) groups is 3. The van der Waals surface area contributed by atoms with Crippen molar-refractivity contribution in [2.75, 3.05) is 19.8 Å². The maximum absolute atomic E-state index is 12.7. The van der Waals surface area contributed by atoms with Crippen LogP contribution in [0.15, 0.2) is 36.5 Å². The molecule has 1 unspecified atom stereocenters. The number of allylic oxidation sites excluding steroid dienone is 6. The summed E-state index contributed by atoms with van der Waals surface area (Å²) in [7, 11) is -4.72. The van der Waals surface area contributed by atoms with Gasteiger partial charge in [-0.05, 0) is 70.6 Å². The Morgan fingerprint density at radius 1 is 0.517 bits per heavy atom. The molecular formula is C48H88NO10P. The molecule has 0 fully saturated rings. The van der Waals surface area contributed by atoms with Gasteiger partial charge in [-0.2, -0.15) is 0 Å². The Morgan fingerprint density at radius 3 is 1.35 bits per heavy atom. The van der Waals surface area contributed by atoms with E-state index >= 15 is 0 Å². The van der Waals surface area contributed by atoms with Gasteiger partial charge >= 0.3 is 25.7 Å². The molecule has 4 N–H and O–H groups in total. The second-order valence-corrected chi connectivity index (χ2v) is 17.7. The standard InChI is InChI=1S/C48H88NO10P/c1-3-5-7-9-11-13-15-17-19-21-22-24-26-28-30-32-34-36-38-40-47(51)59-44(42-57-60(54,55)58-43-45(49)48(52)53)41-56-46(50)39-37-35-33-31-29-27-25-23-20-18-16-14-12-10-8-6-4-2/h11,13,17-20,44-45H,3-10,12,14-16,21-43,49H2,1-2H3,(H,52,53)(H,54,55)/b13-11-,19-17-,20-18-/t44-,45+/m1/s1. The Hall–Kier alpha value is -2.30. The highest BCUT2D eigenvalue weighted by atomic mass is 31.2. The van der Waals surface area contributed by atoms with Gasteiger partial charge in [-0.25, -0.2) is 4.57 Å². The number of phosphoric acid groups is 1. The van der Waals surface area contributed by atoms with E-state index in [2.05, 4.69) is 54.8 Å². The molecule has 0 saturated carbocycles. The molecule has 0 spiro atoms. The topological polar surface area (TPSA) is 172 Å². The minimum absolute atomic E-state index is 0.156. The molecule has 60 heavy (non-hydrogen) atoms. The molecule has 12 heteroatoms. The first kappa shape index (κ1) is 57.7. The fraction of sp³-hybridized carbons (Fsp3) is 0.812. The molecule has 0 aliphatic carbocycles. The molecule has 0 saturated heterocycles. The highest BCUT2D eigenvalue weighted by Gasteiger charge is 2.28. The average molecular weight is 870 g/mol. The van der Waals surface area contributed by atoms with Crippen LogP contribution in [-0.4, -0.2) is 59.9 Å². The second kappa shape index (κ2) is 43.4. The number of carboxylic acid groups (broad SMARTS) is 1. The Morgan fingerprint density at radius 2 is 0.883 bits per heavy atom. The summed E-state index contributed by atoms with van der Waals surface area (Å²) in [6, 6.07) is -1.52. The van der Waals surface area contributed by atoms with Gasteiger partial charge in [0.1, 0.15) is 12.6 Å². The number of nitrogens with two attached hydrogens (primary N) is 1. The van der Waals surface area contributed by atoms with Crippen LogP contribution in [0.25, 0.3) is 0 Å². The quantitative estimate of drug-likeness (QED) is 0.0230. The predicted molar refractivity (Wildman–Crippen MR) is 245 cm³/mol. The first-order valence-corrected chi connectivity index (χ1v) is 25.5. The highest BCUT2D eigenvalue weighted by molar-refractivity contribution is 7.47. The molecule has 350 valence electrons. The largest absolute Gasteiger partial charge is 0.480 e. The van der Waals surface area contributed by atoms with Crippen molar-refractivity contribution in [1.29, 1.82) is 0 Å². The minimum atomic E-state index is -4.72. The van der Waals surface area contributed by atoms with Crippen molar-refractivity contribution in [1.82, 2.24) is 0 Å². The lowest BCUT2D eigenvalue weighted by Crippen LogP contribution is -2.34. The fourth-order valence-electron chi connectivity index (χ4n) is 6.56. The number of unbranched alkanes of at least 4 members (excludes halogenated alkanes) is 25. The van der Waals surface area contributed by atoms with Crippen LogP contribution < -0.4 is 5.73 Å². The van der Waals surface area contributed by atoms with Crippen molar-refractivity contribution in [2.24, 2.45) is 5.73 Å². The Balaban J connectivity index is 4.30. The van der Waals surface area contributed by atoms with Gasteiger partial charge in [0, 0.05) is 12.8 Å². The molecule has 0 heterocycles. The van der Waals surface area contributed by atoms with Crippen LogP contribution in [0.4, 0.5) is 0 Å². The third-order valence-electron chi connectivity index (χ3n) is 10.4. The molecule has 0 amide bonds. The van der Waals surface area contributed by atoms with E-state index in [-0.39, 0.29) is 19.4 Å². The SMILES string of the molecule is CCCCC/C=C\C/C=C\CCCCCCCCCCCC(=O)O[C@H](COC(=O)CCCCCCCCC/C=C\CCCCCCCC)COP(=O)(O)OC[C@H](N)C(=O)O. The maximum Gasteiger partial charge on any atom is 0.472 e. The average Bonchev–Trinajstić information content (AvgIpc) is 3.22. The summed E-state index contributed by atoms with van der Waals surface area (Å²) in [6.07, 6.45) is 47.7. The van der Waals surface area contributed by atoms with Crippen LogP contribution in [-0.2, 0) is 37.5 Å². The van der Waals surface area contributed by atoms with E-state index in [1.54, 1.807) is 0 Å². The summed E-state index contributed by atoms with van der Waals surface area (Å²) in [5, 5.41) is 8.91. The molecule has 0 rings (SSSR count). The van der Waals surface area contributed by atoms with Crippen LogP contribution in [0.3, 0.4) is 0 Å². The predicted octanol–water partition coefficient (Wildman–Crippen LogP) is 13.2. The number of ether oxygens (including phenoxy) is 2. The molecule has 3 atom stereocenters. The number of carboxylic acids is 1. The number of phosphoric ester groups is 1. The highest BCUT2D eigenvalue weighted by Crippen LogP contribution is 2.43. The van der Waals surface area contributed by atoms with Gasteiger partial charge in [-0.3, -0.25) is 23.4 Å². The summed E-state index contributed by atoms with van der Waals surface area (Å²) in [6.45, 7) is 2.79. The molecule has 0 aliphatic rings. The Bertz CT molecular complexity index is 1160. The van der Waals surface area contributed by atoms with E-state index in [9.17, 15) is 23.8 Å². The minimum Gasteiger partial charge on any atom is -0.480 e. The zero-order valence-electron chi connectivity index (χ0n) is 38.1. The van der Waals surface area contributed by atoms with Gasteiger partial charge in [-0.15, -0.1) is 0 Å². The van der Waals surface area contributed by atoms with Gasteiger partial charge in [0.05, 0.1) is 13.2 Å². The van der Waals surface area contributed by atoms with Gasteiger partial charge in [0.2, 0.25) is 0 Å². The lowest BCUT2D eigenvalue weighted by Gasteiger charge is -2.20. The molecule has 0 aromatic rings. The molecule has 0 aromatic carbocycles. The van der Waals surface area contributed by atoms with E-state index in [0.29, 0.717) is 12.8 Å². The zero-order valence-corrected chi connectivity index (χ0v) is 38.9. The van der Waals surface area contributed by atoms with Crippen molar-refractivity contribution < 1.29 is 47.5 Å². The smallest absolute Gasteiger partial charge is 0.472 e. The van der Waals surface area contributed by atoms with Crippen LogP contribution >= 0.6 is 7.82 Å². The van der Waals surface area contributed by atoms with E-state index in [1.165, 1.54) is 122 Å². The van der Waals surface area contributed by atoms with Crippen LogP contribution in [0.2, 0.25) is 0 Å². The molecule has 0 bridgehead atoms. The van der Waals surface area contributed by atoms with Crippen LogP contribution in [0.1, 0.15) is 219 Å². The van der Waals surface area contributed by atoms with E-state index < -0.39 is 51.1 Å². The molecule has 0 aromatic heterocycles. The second-order valence-electron chi connectivity index (χ2n) is 16.2. The number of esters is 2. The van der Waals surface area contributed by atoms with Crippen molar-refractivity contribution in [2.45, 2.75) is 231 Å². The van der Waals surface area contributed by atoms with Gasteiger partial charge in [-0.1, -0.05) is 172 Å². The number of hydrogen-bond donors (Lipinski definition) is 3. The Labute approximate surface area is 365 Å². The van der Waals surface area contributed by atoms with Gasteiger partial charge in [0.25, 0.3) is 0 Å².